The third-order valence-corrected chi connectivity index (χ3v) is 2.23. The smallest absolute Gasteiger partial charge is 0.323 e. The van der Waals surface area contributed by atoms with Gasteiger partial charge in [0.1, 0.15) is 0 Å². The fraction of sp³-hybridized carbons (Fsp3) is 0.636. The number of nitrogen functional groups attached to an aromatic ring is 1. The van der Waals surface area contributed by atoms with E-state index in [-0.39, 0.29) is 18.1 Å². The Kier molecular flexibility index (Phi) is 5.75. The first-order valence-corrected chi connectivity index (χ1v) is 6.12. The Balaban J connectivity index is 3.00. The van der Waals surface area contributed by atoms with Crippen LogP contribution in [0.2, 0.25) is 0 Å². The SMILES string of the molecule is CCN(CCC#N)c1nc(NN)nc(OC(C)C)n1. The molecule has 0 fully saturated rings. The summed E-state index contributed by atoms with van der Waals surface area (Å²) in [6.07, 6.45) is 0.348. The number of anilines is 2. The van der Waals surface area contributed by atoms with Crippen LogP contribution in [0.5, 0.6) is 6.01 Å². The normalized spacial score (nSPS) is 10.1. The van der Waals surface area contributed by atoms with Gasteiger partial charge in [0.05, 0.1) is 18.6 Å². The Hall–Kier alpha value is -2.14. The Labute approximate surface area is 112 Å². The maximum atomic E-state index is 8.65. The number of hydrogen-bond donors (Lipinski definition) is 2. The van der Waals surface area contributed by atoms with Crippen molar-refractivity contribution in [3.63, 3.8) is 0 Å². The molecule has 0 unspecified atom stereocenters. The van der Waals surface area contributed by atoms with Crippen LogP contribution < -0.4 is 20.9 Å². The molecule has 0 saturated heterocycles. The van der Waals surface area contributed by atoms with Crippen molar-refractivity contribution in [2.24, 2.45) is 5.84 Å². The second-order valence-corrected chi connectivity index (χ2v) is 4.04. The second kappa shape index (κ2) is 7.33. The highest BCUT2D eigenvalue weighted by Gasteiger charge is 2.13. The van der Waals surface area contributed by atoms with Gasteiger partial charge in [0.15, 0.2) is 0 Å². The summed E-state index contributed by atoms with van der Waals surface area (Å²) in [5.41, 5.74) is 2.38. The standard InChI is InChI=1S/C11H19N7O/c1-4-18(7-5-6-12)10-14-9(17-13)15-11(16-10)19-8(2)3/h8H,4-5,7,13H2,1-3H3,(H,14,15,16,17). The molecule has 0 amide bonds. The van der Waals surface area contributed by atoms with E-state index in [2.05, 4.69) is 26.4 Å². The van der Waals surface area contributed by atoms with Crippen molar-refractivity contribution < 1.29 is 4.74 Å². The number of hydrogen-bond acceptors (Lipinski definition) is 8. The minimum absolute atomic E-state index is 0.0462. The van der Waals surface area contributed by atoms with Crippen LogP contribution in [0.15, 0.2) is 0 Å². The molecule has 8 nitrogen and oxygen atoms in total. The summed E-state index contributed by atoms with van der Waals surface area (Å²) in [5.74, 6) is 6.00. The van der Waals surface area contributed by atoms with E-state index in [4.69, 9.17) is 15.8 Å². The van der Waals surface area contributed by atoms with E-state index in [1.165, 1.54) is 0 Å². The van der Waals surface area contributed by atoms with Crippen molar-refractivity contribution in [1.29, 1.82) is 5.26 Å². The molecular weight excluding hydrogens is 246 g/mol. The van der Waals surface area contributed by atoms with Crippen molar-refractivity contribution in [1.82, 2.24) is 15.0 Å². The highest BCUT2D eigenvalue weighted by Crippen LogP contribution is 2.15. The van der Waals surface area contributed by atoms with Crippen molar-refractivity contribution in [2.45, 2.75) is 33.3 Å². The van der Waals surface area contributed by atoms with E-state index in [1.54, 1.807) is 0 Å². The molecule has 0 aliphatic carbocycles. The minimum Gasteiger partial charge on any atom is -0.461 e. The molecule has 1 aromatic heterocycles. The number of nitrogens with two attached hydrogens (primary N) is 1. The first-order chi connectivity index (χ1) is 9.10. The Bertz CT molecular complexity index is 443. The van der Waals surface area contributed by atoms with Gasteiger partial charge < -0.3 is 9.64 Å². The third kappa shape index (κ3) is 4.56. The number of rotatable bonds is 7. The lowest BCUT2D eigenvalue weighted by Gasteiger charge is -2.20. The van der Waals surface area contributed by atoms with Crippen LogP contribution in [0, 0.1) is 11.3 Å². The van der Waals surface area contributed by atoms with E-state index in [0.29, 0.717) is 25.5 Å². The van der Waals surface area contributed by atoms with Gasteiger partial charge in [0, 0.05) is 13.1 Å². The zero-order chi connectivity index (χ0) is 14.3. The fourth-order valence-corrected chi connectivity index (χ4v) is 1.40. The van der Waals surface area contributed by atoms with Gasteiger partial charge in [-0.2, -0.15) is 20.2 Å². The van der Waals surface area contributed by atoms with Gasteiger partial charge >= 0.3 is 6.01 Å². The molecule has 19 heavy (non-hydrogen) atoms. The van der Waals surface area contributed by atoms with Crippen LogP contribution >= 0.6 is 0 Å². The molecule has 0 saturated carbocycles. The van der Waals surface area contributed by atoms with Crippen LogP contribution in [-0.2, 0) is 0 Å². The number of hydrazine groups is 1. The molecule has 104 valence electrons. The Morgan fingerprint density at radius 3 is 2.68 bits per heavy atom. The van der Waals surface area contributed by atoms with E-state index in [1.807, 2.05) is 25.7 Å². The molecule has 3 N–H and O–H groups in total. The van der Waals surface area contributed by atoms with E-state index < -0.39 is 0 Å². The zero-order valence-electron chi connectivity index (χ0n) is 11.4. The minimum atomic E-state index is -0.0462. The van der Waals surface area contributed by atoms with Gasteiger partial charge in [-0.15, -0.1) is 0 Å². The van der Waals surface area contributed by atoms with E-state index in [9.17, 15) is 0 Å². The van der Waals surface area contributed by atoms with Gasteiger partial charge in [-0.25, -0.2) is 5.84 Å². The predicted molar refractivity (Wildman–Crippen MR) is 71.5 cm³/mol. The van der Waals surface area contributed by atoms with Crippen LogP contribution in [0.25, 0.3) is 0 Å². The molecule has 0 aliphatic heterocycles. The topological polar surface area (TPSA) is 113 Å². The molecule has 1 aromatic rings. The highest BCUT2D eigenvalue weighted by atomic mass is 16.5. The summed E-state index contributed by atoms with van der Waals surface area (Å²) < 4.78 is 5.45. The maximum absolute atomic E-state index is 8.65. The Morgan fingerprint density at radius 1 is 1.42 bits per heavy atom. The van der Waals surface area contributed by atoms with Crippen LogP contribution in [0.3, 0.4) is 0 Å². The number of ether oxygens (including phenoxy) is 1. The summed E-state index contributed by atoms with van der Waals surface area (Å²) in [4.78, 5) is 14.3. The van der Waals surface area contributed by atoms with E-state index in [0.717, 1.165) is 0 Å². The maximum Gasteiger partial charge on any atom is 0.323 e. The molecule has 0 atom stereocenters. The molecular formula is C11H19N7O. The first-order valence-electron chi connectivity index (χ1n) is 6.12. The fourth-order valence-electron chi connectivity index (χ4n) is 1.40. The number of nitrogens with zero attached hydrogens (tertiary/aromatic N) is 5. The molecule has 0 aromatic carbocycles. The van der Waals surface area contributed by atoms with Gasteiger partial charge in [0.25, 0.3) is 0 Å². The quantitative estimate of drug-likeness (QED) is 0.546. The van der Waals surface area contributed by atoms with Crippen molar-refractivity contribution in [2.75, 3.05) is 23.4 Å². The van der Waals surface area contributed by atoms with Crippen molar-refractivity contribution in [3.05, 3.63) is 0 Å². The second-order valence-electron chi connectivity index (χ2n) is 4.04. The lowest BCUT2D eigenvalue weighted by molar-refractivity contribution is 0.222. The van der Waals surface area contributed by atoms with Crippen LogP contribution in [0.4, 0.5) is 11.9 Å². The number of nitriles is 1. The summed E-state index contributed by atoms with van der Waals surface area (Å²) >= 11 is 0. The molecule has 1 heterocycles. The third-order valence-electron chi connectivity index (χ3n) is 2.23. The highest BCUT2D eigenvalue weighted by molar-refractivity contribution is 5.37. The summed E-state index contributed by atoms with van der Waals surface area (Å²) in [5, 5.41) is 8.65. The average Bonchev–Trinajstić information content (AvgIpc) is 2.38. The molecule has 0 aliphatic rings. The molecule has 0 radical (unpaired) electrons. The summed E-state index contributed by atoms with van der Waals surface area (Å²) in [6.45, 7) is 6.94. The molecule has 0 bridgehead atoms. The summed E-state index contributed by atoms with van der Waals surface area (Å²) in [6, 6.07) is 2.30. The van der Waals surface area contributed by atoms with E-state index >= 15 is 0 Å². The van der Waals surface area contributed by atoms with Gasteiger partial charge in [0.2, 0.25) is 11.9 Å². The largest absolute Gasteiger partial charge is 0.461 e. The molecule has 8 heteroatoms. The average molecular weight is 265 g/mol. The zero-order valence-corrected chi connectivity index (χ0v) is 11.4. The lowest BCUT2D eigenvalue weighted by atomic mass is 10.4. The van der Waals surface area contributed by atoms with Crippen molar-refractivity contribution in [3.8, 4) is 12.1 Å². The predicted octanol–water partition coefficient (Wildman–Crippen LogP) is 0.684. The summed E-state index contributed by atoms with van der Waals surface area (Å²) in [7, 11) is 0. The van der Waals surface area contributed by atoms with Gasteiger partial charge in [-0.3, -0.25) is 5.43 Å². The molecule has 1 rings (SSSR count). The van der Waals surface area contributed by atoms with Crippen molar-refractivity contribution >= 4 is 11.9 Å². The number of nitrogens with one attached hydrogen (secondary N) is 1. The monoisotopic (exact) mass is 265 g/mol. The lowest BCUT2D eigenvalue weighted by Crippen LogP contribution is -2.27. The Morgan fingerprint density at radius 2 is 2.16 bits per heavy atom. The van der Waals surface area contributed by atoms with Crippen LogP contribution in [0.1, 0.15) is 27.2 Å². The van der Waals surface area contributed by atoms with Gasteiger partial charge in [-0.05, 0) is 20.8 Å². The van der Waals surface area contributed by atoms with Crippen LogP contribution in [-0.4, -0.2) is 34.1 Å². The first kappa shape index (κ1) is 14.9. The molecule has 0 spiro atoms. The number of aromatic nitrogens is 3. The van der Waals surface area contributed by atoms with Gasteiger partial charge in [-0.1, -0.05) is 0 Å².